The molecule has 28 heavy (non-hydrogen) atoms. The van der Waals surface area contributed by atoms with Crippen molar-refractivity contribution in [2.45, 2.75) is 37.9 Å². The van der Waals surface area contributed by atoms with Crippen LogP contribution in [0.15, 0.2) is 72.8 Å². The molecule has 1 spiro atoms. The van der Waals surface area contributed by atoms with E-state index in [9.17, 15) is 0 Å². The van der Waals surface area contributed by atoms with E-state index in [4.69, 9.17) is 9.47 Å². The van der Waals surface area contributed by atoms with Crippen LogP contribution in [0, 0.1) is 0 Å². The highest BCUT2D eigenvalue weighted by molar-refractivity contribution is 6.09. The fourth-order valence-corrected chi connectivity index (χ4v) is 4.91. The summed E-state index contributed by atoms with van der Waals surface area (Å²) in [5.41, 5.74) is 2.32. The fraction of sp³-hybridized carbons (Fsp3) is 0.231. The van der Waals surface area contributed by atoms with Crippen LogP contribution in [0.2, 0.25) is 0 Å². The molecule has 1 saturated carbocycles. The third-order valence-electron chi connectivity index (χ3n) is 6.24. The van der Waals surface area contributed by atoms with Gasteiger partial charge in [0, 0.05) is 24.0 Å². The van der Waals surface area contributed by atoms with Gasteiger partial charge >= 0.3 is 0 Å². The van der Waals surface area contributed by atoms with Gasteiger partial charge in [-0.25, -0.2) is 0 Å². The summed E-state index contributed by atoms with van der Waals surface area (Å²) in [5, 5.41) is 4.88. The predicted molar refractivity (Wildman–Crippen MR) is 114 cm³/mol. The maximum atomic E-state index is 6.70. The molecule has 1 fully saturated rings. The zero-order valence-corrected chi connectivity index (χ0v) is 15.8. The first-order valence-electron chi connectivity index (χ1n) is 10.2. The molecule has 4 aromatic carbocycles. The number of fused-ring (bicyclic) bond motifs is 7. The standard InChI is InChI=1S/C26H22O2/c1-6-16-26(17-7-1)27-22-14-12-18-8-2-4-10-20(18)24(22)25-21-11-5-3-9-19(21)13-15-23(25)28-26/h2-5,8-15H,1,6-7,16-17H2. The van der Waals surface area contributed by atoms with Crippen LogP contribution in [0.4, 0.5) is 0 Å². The second-order valence-electron chi connectivity index (χ2n) is 8.00. The molecule has 4 aromatic rings. The summed E-state index contributed by atoms with van der Waals surface area (Å²) in [6, 6.07) is 25.7. The Kier molecular flexibility index (Phi) is 3.43. The van der Waals surface area contributed by atoms with Gasteiger partial charge in [0.25, 0.3) is 5.79 Å². The molecule has 0 aromatic heterocycles. The van der Waals surface area contributed by atoms with E-state index in [1.807, 2.05) is 0 Å². The minimum atomic E-state index is -0.552. The van der Waals surface area contributed by atoms with Crippen molar-refractivity contribution in [3.8, 4) is 22.6 Å². The molecule has 1 heterocycles. The minimum absolute atomic E-state index is 0.552. The molecule has 2 nitrogen and oxygen atoms in total. The average molecular weight is 366 g/mol. The van der Waals surface area contributed by atoms with Crippen LogP contribution in [-0.4, -0.2) is 5.79 Å². The quantitative estimate of drug-likeness (QED) is 0.331. The molecule has 1 aliphatic carbocycles. The van der Waals surface area contributed by atoms with Crippen molar-refractivity contribution in [3.05, 3.63) is 72.8 Å². The van der Waals surface area contributed by atoms with Gasteiger partial charge in [-0.15, -0.1) is 0 Å². The van der Waals surface area contributed by atoms with E-state index >= 15 is 0 Å². The molecular formula is C26H22O2. The van der Waals surface area contributed by atoms with Gasteiger partial charge in [0.1, 0.15) is 11.5 Å². The van der Waals surface area contributed by atoms with Crippen LogP contribution in [0.5, 0.6) is 11.5 Å². The Hall–Kier alpha value is -3.00. The maximum absolute atomic E-state index is 6.70. The van der Waals surface area contributed by atoms with Crippen molar-refractivity contribution < 1.29 is 9.47 Å². The Balaban J connectivity index is 1.74. The normalized spacial score (nSPS) is 17.4. The summed E-state index contributed by atoms with van der Waals surface area (Å²) in [4.78, 5) is 0. The van der Waals surface area contributed by atoms with Crippen molar-refractivity contribution in [1.29, 1.82) is 0 Å². The first-order chi connectivity index (χ1) is 13.8. The van der Waals surface area contributed by atoms with Gasteiger partial charge in [0.05, 0.1) is 0 Å². The minimum Gasteiger partial charge on any atom is -0.452 e. The number of rotatable bonds is 0. The van der Waals surface area contributed by atoms with Gasteiger partial charge < -0.3 is 9.47 Å². The molecule has 0 bridgehead atoms. The van der Waals surface area contributed by atoms with Gasteiger partial charge in [0.15, 0.2) is 0 Å². The Bertz CT molecular complexity index is 1110. The number of benzene rings is 4. The van der Waals surface area contributed by atoms with Crippen LogP contribution < -0.4 is 9.47 Å². The fourth-order valence-electron chi connectivity index (χ4n) is 4.91. The van der Waals surface area contributed by atoms with Crippen molar-refractivity contribution in [2.24, 2.45) is 0 Å². The molecule has 6 rings (SSSR count). The summed E-state index contributed by atoms with van der Waals surface area (Å²) in [5.74, 6) is 1.33. The van der Waals surface area contributed by atoms with Crippen LogP contribution in [0.25, 0.3) is 32.7 Å². The van der Waals surface area contributed by atoms with Crippen molar-refractivity contribution >= 4 is 21.5 Å². The number of hydrogen-bond acceptors (Lipinski definition) is 2. The molecule has 0 N–H and O–H groups in total. The topological polar surface area (TPSA) is 18.5 Å². The lowest BCUT2D eigenvalue weighted by atomic mass is 9.92. The van der Waals surface area contributed by atoms with Crippen LogP contribution in [0.3, 0.4) is 0 Å². The van der Waals surface area contributed by atoms with Crippen molar-refractivity contribution in [2.75, 3.05) is 0 Å². The Morgan fingerprint density at radius 2 is 1.04 bits per heavy atom. The molecule has 0 atom stereocenters. The molecule has 0 amide bonds. The smallest absolute Gasteiger partial charge is 0.251 e. The molecule has 138 valence electrons. The van der Waals surface area contributed by atoms with Crippen LogP contribution in [0.1, 0.15) is 32.1 Å². The van der Waals surface area contributed by atoms with Gasteiger partial charge in [0.2, 0.25) is 0 Å². The summed E-state index contributed by atoms with van der Waals surface area (Å²) < 4.78 is 13.4. The van der Waals surface area contributed by atoms with Crippen LogP contribution in [-0.2, 0) is 0 Å². The summed E-state index contributed by atoms with van der Waals surface area (Å²) in [6.45, 7) is 0. The van der Waals surface area contributed by atoms with Gasteiger partial charge in [-0.1, -0.05) is 67.1 Å². The average Bonchev–Trinajstić information content (AvgIpc) is 2.88. The third kappa shape index (κ3) is 2.34. The van der Waals surface area contributed by atoms with Crippen molar-refractivity contribution in [1.82, 2.24) is 0 Å². The SMILES string of the molecule is c1ccc2c3c(ccc2c1)OC1(CCCCC1)Oc1ccc2ccccc2c1-3. The zero-order chi connectivity index (χ0) is 18.6. The van der Waals surface area contributed by atoms with E-state index in [0.29, 0.717) is 0 Å². The van der Waals surface area contributed by atoms with Crippen LogP contribution >= 0.6 is 0 Å². The first kappa shape index (κ1) is 16.0. The highest BCUT2D eigenvalue weighted by Crippen LogP contribution is 2.51. The molecule has 1 aliphatic heterocycles. The summed E-state index contributed by atoms with van der Waals surface area (Å²) >= 11 is 0. The van der Waals surface area contributed by atoms with E-state index in [1.165, 1.54) is 28.0 Å². The number of hydrogen-bond donors (Lipinski definition) is 0. The van der Waals surface area contributed by atoms with Gasteiger partial charge in [-0.05, 0) is 46.5 Å². The third-order valence-corrected chi connectivity index (χ3v) is 6.24. The second kappa shape index (κ2) is 6.00. The largest absolute Gasteiger partial charge is 0.452 e. The highest BCUT2D eigenvalue weighted by Gasteiger charge is 2.40. The Morgan fingerprint density at radius 1 is 0.536 bits per heavy atom. The first-order valence-corrected chi connectivity index (χ1v) is 10.2. The van der Waals surface area contributed by atoms with E-state index in [-0.39, 0.29) is 0 Å². The molecule has 0 saturated heterocycles. The van der Waals surface area contributed by atoms with E-state index < -0.39 is 5.79 Å². The molecule has 0 unspecified atom stereocenters. The Labute approximate surface area is 164 Å². The van der Waals surface area contributed by atoms with Gasteiger partial charge in [-0.2, -0.15) is 0 Å². The lowest BCUT2D eigenvalue weighted by molar-refractivity contribution is -0.134. The molecular weight excluding hydrogens is 344 g/mol. The Morgan fingerprint density at radius 3 is 1.57 bits per heavy atom. The maximum Gasteiger partial charge on any atom is 0.251 e. The summed E-state index contributed by atoms with van der Waals surface area (Å²) in [7, 11) is 0. The monoisotopic (exact) mass is 366 g/mol. The lowest BCUT2D eigenvalue weighted by Crippen LogP contribution is -2.43. The van der Waals surface area contributed by atoms with Gasteiger partial charge in [-0.3, -0.25) is 0 Å². The van der Waals surface area contributed by atoms with E-state index in [2.05, 4.69) is 72.8 Å². The molecule has 2 aliphatic rings. The van der Waals surface area contributed by atoms with E-state index in [1.54, 1.807) is 0 Å². The molecule has 0 radical (unpaired) electrons. The predicted octanol–water partition coefficient (Wildman–Crippen LogP) is 7.09. The van der Waals surface area contributed by atoms with Crippen molar-refractivity contribution in [3.63, 3.8) is 0 Å². The highest BCUT2D eigenvalue weighted by atomic mass is 16.7. The molecule has 2 heteroatoms. The van der Waals surface area contributed by atoms with E-state index in [0.717, 1.165) is 48.3 Å². The zero-order valence-electron chi connectivity index (χ0n) is 15.8. The second-order valence-corrected chi connectivity index (χ2v) is 8.00. The lowest BCUT2D eigenvalue weighted by Gasteiger charge is -2.36. The summed E-state index contributed by atoms with van der Waals surface area (Å²) in [6.07, 6.45) is 5.42. The number of ether oxygens (including phenoxy) is 2.